The summed E-state index contributed by atoms with van der Waals surface area (Å²) < 4.78 is 32.4. The van der Waals surface area contributed by atoms with Crippen molar-refractivity contribution in [3.63, 3.8) is 0 Å². The van der Waals surface area contributed by atoms with Gasteiger partial charge in [-0.1, -0.05) is 6.07 Å². The first-order valence-electron chi connectivity index (χ1n) is 9.27. The Morgan fingerprint density at radius 3 is 2.64 bits per heavy atom. The van der Waals surface area contributed by atoms with E-state index in [9.17, 15) is 13.2 Å². The van der Waals surface area contributed by atoms with Gasteiger partial charge in [0.2, 0.25) is 15.9 Å². The molecule has 1 aliphatic rings. The van der Waals surface area contributed by atoms with Gasteiger partial charge in [0, 0.05) is 19.3 Å². The maximum atomic E-state index is 12.9. The van der Waals surface area contributed by atoms with E-state index >= 15 is 0 Å². The first kappa shape index (κ1) is 20.3. The van der Waals surface area contributed by atoms with Crippen molar-refractivity contribution in [2.45, 2.75) is 30.7 Å². The summed E-state index contributed by atoms with van der Waals surface area (Å²) in [6.07, 6.45) is 2.99. The number of piperidine rings is 1. The molecule has 2 atom stereocenters. The van der Waals surface area contributed by atoms with Crippen molar-refractivity contribution in [3.05, 3.63) is 54.4 Å². The number of carbonyl (C=O) groups is 1. The highest BCUT2D eigenvalue weighted by Crippen LogP contribution is 2.25. The van der Waals surface area contributed by atoms with Gasteiger partial charge in [0.05, 0.1) is 29.7 Å². The number of methoxy groups -OCH3 is 1. The van der Waals surface area contributed by atoms with E-state index in [0.29, 0.717) is 25.1 Å². The van der Waals surface area contributed by atoms with Crippen LogP contribution in [0.15, 0.2) is 53.6 Å². The van der Waals surface area contributed by atoms with Gasteiger partial charge in [-0.15, -0.1) is 0 Å². The molecule has 1 aromatic carbocycles. The molecule has 1 saturated heterocycles. The monoisotopic (exact) mass is 403 g/mol. The Hall–Kier alpha value is -2.45. The molecule has 28 heavy (non-hydrogen) atoms. The zero-order chi connectivity index (χ0) is 20.1. The second kappa shape index (κ2) is 8.70. The summed E-state index contributed by atoms with van der Waals surface area (Å²) in [6, 6.07) is 11.6. The van der Waals surface area contributed by atoms with Crippen LogP contribution in [0.5, 0.6) is 5.75 Å². The fourth-order valence-electron chi connectivity index (χ4n) is 3.31. The Morgan fingerprint density at radius 1 is 1.25 bits per heavy atom. The highest BCUT2D eigenvalue weighted by Gasteiger charge is 2.33. The molecule has 2 unspecified atom stereocenters. The molecule has 1 aromatic heterocycles. The second-order valence-corrected chi connectivity index (χ2v) is 8.80. The lowest BCUT2D eigenvalue weighted by Gasteiger charge is -2.31. The summed E-state index contributed by atoms with van der Waals surface area (Å²) in [7, 11) is -2.12. The van der Waals surface area contributed by atoms with Gasteiger partial charge in [-0.05, 0) is 56.2 Å². The summed E-state index contributed by atoms with van der Waals surface area (Å²) in [5.74, 6) is 0.0686. The number of pyridine rings is 1. The third kappa shape index (κ3) is 4.51. The van der Waals surface area contributed by atoms with Crippen LogP contribution < -0.4 is 10.1 Å². The predicted molar refractivity (Wildman–Crippen MR) is 105 cm³/mol. The van der Waals surface area contributed by atoms with E-state index in [1.54, 1.807) is 18.3 Å². The topological polar surface area (TPSA) is 88.6 Å². The zero-order valence-electron chi connectivity index (χ0n) is 16.0. The molecule has 0 spiro atoms. The van der Waals surface area contributed by atoms with Gasteiger partial charge in [-0.25, -0.2) is 8.42 Å². The van der Waals surface area contributed by atoms with Gasteiger partial charge in [-0.2, -0.15) is 4.31 Å². The number of sulfonamides is 1. The Bertz CT molecular complexity index is 901. The third-order valence-corrected chi connectivity index (χ3v) is 6.82. The van der Waals surface area contributed by atoms with Crippen LogP contribution in [0.2, 0.25) is 0 Å². The molecule has 0 saturated carbocycles. The van der Waals surface area contributed by atoms with Crippen molar-refractivity contribution in [1.82, 2.24) is 14.6 Å². The summed E-state index contributed by atoms with van der Waals surface area (Å²) >= 11 is 0. The van der Waals surface area contributed by atoms with Crippen LogP contribution in [0.4, 0.5) is 0 Å². The number of hydrogen-bond acceptors (Lipinski definition) is 5. The average molecular weight is 404 g/mol. The molecule has 1 aliphatic heterocycles. The minimum Gasteiger partial charge on any atom is -0.497 e. The minimum absolute atomic E-state index is 0.146. The van der Waals surface area contributed by atoms with E-state index in [0.717, 1.165) is 5.69 Å². The number of rotatable bonds is 6. The first-order valence-corrected chi connectivity index (χ1v) is 10.7. The normalized spacial score (nSPS) is 19.0. The number of amides is 1. The molecule has 2 heterocycles. The van der Waals surface area contributed by atoms with Gasteiger partial charge < -0.3 is 10.1 Å². The van der Waals surface area contributed by atoms with E-state index in [1.165, 1.54) is 23.5 Å². The smallest absolute Gasteiger partial charge is 0.243 e. The van der Waals surface area contributed by atoms with E-state index < -0.39 is 10.0 Å². The summed E-state index contributed by atoms with van der Waals surface area (Å²) in [5, 5.41) is 2.95. The van der Waals surface area contributed by atoms with Gasteiger partial charge in [0.1, 0.15) is 5.75 Å². The van der Waals surface area contributed by atoms with Crippen LogP contribution in [0, 0.1) is 5.92 Å². The maximum absolute atomic E-state index is 12.9. The van der Waals surface area contributed by atoms with Crippen molar-refractivity contribution in [3.8, 4) is 5.75 Å². The predicted octanol–water partition coefficient (Wildman–Crippen LogP) is 2.37. The Labute approximate surface area is 165 Å². The van der Waals surface area contributed by atoms with Crippen molar-refractivity contribution in [2.24, 2.45) is 5.92 Å². The van der Waals surface area contributed by atoms with Crippen LogP contribution in [0.1, 0.15) is 31.5 Å². The molecular formula is C20H25N3O4S. The quantitative estimate of drug-likeness (QED) is 0.800. The molecule has 8 heteroatoms. The van der Waals surface area contributed by atoms with Crippen molar-refractivity contribution >= 4 is 15.9 Å². The summed E-state index contributed by atoms with van der Waals surface area (Å²) in [5.41, 5.74) is 0.773. The highest BCUT2D eigenvalue weighted by atomic mass is 32.2. The van der Waals surface area contributed by atoms with Crippen molar-refractivity contribution in [2.75, 3.05) is 20.2 Å². The lowest BCUT2D eigenvalue weighted by molar-refractivity contribution is -0.126. The highest BCUT2D eigenvalue weighted by molar-refractivity contribution is 7.89. The molecule has 7 nitrogen and oxygen atoms in total. The number of benzene rings is 1. The fourth-order valence-corrected chi connectivity index (χ4v) is 4.83. The van der Waals surface area contributed by atoms with Gasteiger partial charge >= 0.3 is 0 Å². The molecule has 0 radical (unpaired) electrons. The lowest BCUT2D eigenvalue weighted by Crippen LogP contribution is -2.45. The second-order valence-electron chi connectivity index (χ2n) is 6.86. The molecule has 150 valence electrons. The number of aromatic nitrogens is 1. The minimum atomic E-state index is -3.65. The zero-order valence-corrected chi connectivity index (χ0v) is 16.9. The molecule has 2 aromatic rings. The largest absolute Gasteiger partial charge is 0.497 e. The number of ether oxygens (including phenoxy) is 1. The molecular weight excluding hydrogens is 378 g/mol. The Balaban J connectivity index is 1.68. The Kier molecular flexibility index (Phi) is 6.31. The van der Waals surface area contributed by atoms with Crippen LogP contribution in [-0.2, 0) is 14.8 Å². The number of carbonyl (C=O) groups excluding carboxylic acids is 1. The average Bonchev–Trinajstić information content (AvgIpc) is 2.74. The van der Waals surface area contributed by atoms with Gasteiger partial charge in [0.15, 0.2) is 0 Å². The third-order valence-electron chi connectivity index (χ3n) is 4.94. The standard InChI is InChI=1S/C20H25N3O4S/c1-15(19-7-3-4-12-21-19)22-20(24)16-6-5-13-23(14-16)28(25,26)18-10-8-17(27-2)9-11-18/h3-4,7-12,15-16H,5-6,13-14H2,1-2H3,(H,22,24). The van der Waals surface area contributed by atoms with E-state index in [-0.39, 0.29) is 29.3 Å². The van der Waals surface area contributed by atoms with Crippen LogP contribution >= 0.6 is 0 Å². The number of nitrogens with zero attached hydrogens (tertiary/aromatic N) is 2. The maximum Gasteiger partial charge on any atom is 0.243 e. The summed E-state index contributed by atoms with van der Waals surface area (Å²) in [4.78, 5) is 17.2. The molecule has 0 aliphatic carbocycles. The first-order chi connectivity index (χ1) is 13.4. The van der Waals surface area contributed by atoms with Crippen LogP contribution in [-0.4, -0.2) is 43.8 Å². The van der Waals surface area contributed by atoms with E-state index in [4.69, 9.17) is 4.74 Å². The SMILES string of the molecule is COc1ccc(S(=O)(=O)N2CCCC(C(=O)NC(C)c3ccccn3)C2)cc1. The Morgan fingerprint density at radius 2 is 2.00 bits per heavy atom. The van der Waals surface area contributed by atoms with E-state index in [1.807, 2.05) is 25.1 Å². The number of hydrogen-bond donors (Lipinski definition) is 1. The molecule has 0 bridgehead atoms. The molecule has 3 rings (SSSR count). The van der Waals surface area contributed by atoms with Gasteiger partial charge in [-0.3, -0.25) is 9.78 Å². The van der Waals surface area contributed by atoms with Crippen molar-refractivity contribution in [1.29, 1.82) is 0 Å². The van der Waals surface area contributed by atoms with Crippen molar-refractivity contribution < 1.29 is 17.9 Å². The van der Waals surface area contributed by atoms with Crippen LogP contribution in [0.3, 0.4) is 0 Å². The molecule has 1 fully saturated rings. The lowest BCUT2D eigenvalue weighted by atomic mass is 9.98. The van der Waals surface area contributed by atoms with E-state index in [2.05, 4.69) is 10.3 Å². The van der Waals surface area contributed by atoms with Crippen LogP contribution in [0.25, 0.3) is 0 Å². The summed E-state index contributed by atoms with van der Waals surface area (Å²) in [6.45, 7) is 2.46. The number of nitrogens with one attached hydrogen (secondary N) is 1. The van der Waals surface area contributed by atoms with Gasteiger partial charge in [0.25, 0.3) is 0 Å². The fraction of sp³-hybridized carbons (Fsp3) is 0.400. The molecule has 1 N–H and O–H groups in total. The molecule has 1 amide bonds.